The Morgan fingerprint density at radius 2 is 0.725 bits per heavy atom. The highest BCUT2D eigenvalue weighted by Crippen LogP contribution is 2.47. The van der Waals surface area contributed by atoms with Crippen molar-refractivity contribution in [3.63, 3.8) is 0 Å². The molecule has 14 heterocycles. The molecule has 45 heteroatoms. The number of nitrogens with zero attached hydrogens (tertiary/aromatic N) is 14. The van der Waals surface area contributed by atoms with Gasteiger partial charge in [0.05, 0.1) is 60.1 Å². The van der Waals surface area contributed by atoms with Crippen LogP contribution in [-0.2, 0) is 76.6 Å². The third kappa shape index (κ3) is 19.8. The number of hydrogen-bond donors (Lipinski definition) is 12. The largest absolute Gasteiger partial charge is 0.478 e. The molecule has 4 aromatic carbocycles. The molecule has 12 N–H and O–H groups in total. The van der Waals surface area contributed by atoms with Crippen LogP contribution in [0.15, 0.2) is 196 Å². The first-order chi connectivity index (χ1) is 63.7. The summed E-state index contributed by atoms with van der Waals surface area (Å²) >= 11 is 6.27. The Hall–Kier alpha value is -15.1. The molecule has 0 spiro atoms. The van der Waals surface area contributed by atoms with Gasteiger partial charge in [0.2, 0.25) is 0 Å². The second kappa shape index (κ2) is 40.5. The molecule has 0 bridgehead atoms. The molecule has 0 saturated carbocycles. The van der Waals surface area contributed by atoms with Crippen molar-refractivity contribution in [2.75, 3.05) is 35.6 Å². The van der Waals surface area contributed by atoms with E-state index in [1.54, 1.807) is 52.7 Å². The predicted molar refractivity (Wildman–Crippen MR) is 459 cm³/mol. The van der Waals surface area contributed by atoms with Crippen molar-refractivity contribution in [3.8, 4) is 0 Å². The van der Waals surface area contributed by atoms with Crippen LogP contribution in [0.5, 0.6) is 0 Å². The minimum Gasteiger partial charge on any atom is -0.478 e. The number of carboxylic acids is 3. The van der Waals surface area contributed by atoms with Crippen LogP contribution in [0.25, 0.3) is 45.6 Å². The van der Waals surface area contributed by atoms with Gasteiger partial charge in [-0.15, -0.1) is 0 Å². The molecule has 44 nitrogen and oxygen atoms in total. The predicted octanol–water partition coefficient (Wildman–Crippen LogP) is 7.21. The SMILES string of the molecule is CCNC(=O)Nc1ncnc2c1ncn2C1OC(C(=O)NCc2c(Cl)cccc2C(=O)O)C2O[C@H](/C=C/c3ccccc3)OC21.CCNC(=O)Nc1ncnc2c1ncn2C1OC(C(=O)NCc2ncccc2C(=O)O)C2O[C@H](/C=C/c3ccccc3)OC21.CCNC(=O)Nc1ncnc2c1ncn2C1OC(C(=O)NCc2ncccc2C(=O)O)C2O[C@H](c3ccccc3)OC21. The summed E-state index contributed by atoms with van der Waals surface area (Å²) in [5.74, 6) is -4.54. The van der Waals surface area contributed by atoms with Gasteiger partial charge < -0.3 is 89.9 Å². The first-order valence-electron chi connectivity index (χ1n) is 41.0. The van der Waals surface area contributed by atoms with Gasteiger partial charge in [-0.2, -0.15) is 0 Å². The van der Waals surface area contributed by atoms with Crippen molar-refractivity contribution in [2.45, 2.75) is 133 Å². The van der Waals surface area contributed by atoms with Crippen LogP contribution in [0.2, 0.25) is 5.02 Å². The van der Waals surface area contributed by atoms with Gasteiger partial charge in [0.25, 0.3) is 17.7 Å². The van der Waals surface area contributed by atoms with Crippen LogP contribution < -0.4 is 47.9 Å². The smallest absolute Gasteiger partial charge is 0.337 e. The van der Waals surface area contributed by atoms with E-state index in [0.29, 0.717) is 53.1 Å². The topological polar surface area (TPSA) is 562 Å². The van der Waals surface area contributed by atoms with Crippen LogP contribution in [0, 0.1) is 0 Å². The summed E-state index contributed by atoms with van der Waals surface area (Å²) in [6, 6.07) is 37.4. The summed E-state index contributed by atoms with van der Waals surface area (Å²) in [4.78, 5) is 159. The quantitative estimate of drug-likeness (QED) is 0.0255. The Bertz CT molecular complexity index is 6300. The van der Waals surface area contributed by atoms with E-state index >= 15 is 0 Å². The summed E-state index contributed by atoms with van der Waals surface area (Å²) in [6.07, 6.45) is 5.07. The van der Waals surface area contributed by atoms with Crippen LogP contribution in [0.1, 0.15) is 110 Å². The molecule has 131 heavy (non-hydrogen) atoms. The number of imidazole rings is 3. The van der Waals surface area contributed by atoms with Gasteiger partial charge in [-0.25, -0.2) is 73.6 Å². The van der Waals surface area contributed by atoms with Crippen molar-refractivity contribution < 1.29 is 101 Å². The van der Waals surface area contributed by atoms with Gasteiger partial charge in [-0.05, 0) is 80.4 Å². The molecule has 12 aromatic rings. The zero-order valence-corrected chi connectivity index (χ0v) is 70.1. The number of ether oxygens (including phenoxy) is 9. The number of carbonyl (C=O) groups excluding carboxylic acids is 6. The normalized spacial score (nSPS) is 22.6. The van der Waals surface area contributed by atoms with E-state index in [1.165, 1.54) is 86.8 Å². The van der Waals surface area contributed by atoms with Gasteiger partial charge in [0.1, 0.15) is 55.6 Å². The fourth-order valence-corrected chi connectivity index (χ4v) is 15.4. The molecule has 6 fully saturated rings. The number of hydrogen-bond acceptors (Lipinski definition) is 29. The summed E-state index contributed by atoms with van der Waals surface area (Å²) < 4.78 is 60.8. The Labute approximate surface area is 746 Å². The van der Waals surface area contributed by atoms with E-state index in [-0.39, 0.29) is 75.8 Å². The number of halogens is 1. The number of rotatable bonds is 26. The number of anilines is 3. The average Bonchev–Trinajstić information content (AvgIpc) is 1.60. The maximum atomic E-state index is 13.6. The number of pyridine rings is 2. The summed E-state index contributed by atoms with van der Waals surface area (Å²) in [6.45, 7) is 6.20. The number of benzene rings is 4. The van der Waals surface area contributed by atoms with E-state index in [0.717, 1.165) is 16.7 Å². The molecular weight excluding hydrogens is 1730 g/mol. The number of carbonyl (C=O) groups is 9. The number of fused-ring (bicyclic) bond motifs is 6. The second-order valence-corrected chi connectivity index (χ2v) is 29.8. The summed E-state index contributed by atoms with van der Waals surface area (Å²) in [5.41, 5.74) is 5.12. The molecule has 0 radical (unpaired) electrons. The van der Waals surface area contributed by atoms with Gasteiger partial charge >= 0.3 is 36.0 Å². The highest BCUT2D eigenvalue weighted by Gasteiger charge is 2.59. The van der Waals surface area contributed by atoms with Gasteiger partial charge in [0, 0.05) is 54.7 Å². The Kier molecular flexibility index (Phi) is 27.6. The monoisotopic (exact) mass is 1810 g/mol. The van der Waals surface area contributed by atoms with E-state index in [4.69, 9.17) is 54.2 Å². The van der Waals surface area contributed by atoms with Crippen molar-refractivity contribution in [1.82, 2.24) is 100 Å². The van der Waals surface area contributed by atoms with E-state index in [2.05, 4.69) is 103 Å². The third-order valence-electron chi connectivity index (χ3n) is 21.1. The van der Waals surface area contributed by atoms with Crippen LogP contribution >= 0.6 is 11.6 Å². The lowest BCUT2D eigenvalue weighted by Gasteiger charge is -2.21. The molecule has 6 aliphatic rings. The molecule has 18 rings (SSSR count). The number of aromatic carboxylic acids is 3. The molecule has 6 saturated heterocycles. The van der Waals surface area contributed by atoms with Crippen molar-refractivity contribution in [3.05, 3.63) is 251 Å². The standard InChI is InChI=1S/C30H28ClN7O7.C29H28N8O7.C27H26N8O7/c1-2-32-30(42)37-25-21-26(35-14-34-25)38(15-36-21)28-24-22(43-20(44-24)12-11-16-7-4-3-5-8-16)23(45-28)27(39)33-13-18-17(29(40)41)9-6-10-19(18)31;1-2-30-29(41)36-24-20-25(34-14-33-24)37(15-35-20)27-23-21(42-19(43-23)11-10-16-7-4-3-5-8-16)22(44-27)26(38)32-13-18-17(28(39)40)9-6-12-31-18;1-2-28-27(39)34-21-17-22(32-12-31-21)35(13-33-17)24-20-18(41-26(42-20)14-7-4-3-5-8-14)19(40-24)23(36)30-11-16-15(25(37)38)9-6-10-29-16/h3-12,14-15,20,22-24,28H,2,13H2,1H3,(H,33,39)(H,40,41)(H2,32,34,35,37,42);3-12,14-15,19,21-23,27H,2,13H2,1H3,(H,32,38)(H,39,40)(H2,30,33,34,36,41);3-10,12-13,18-20,24,26H,2,11H2,1H3,(H,30,36)(H,37,38)(H2,28,31,32,34,39)/b12-11+;11-10+;/t20-,22?,23?,24?,28?;19-,21?,22?,23?,27?;18?,19?,20?,24?,26-/m000/s1. The number of carboxylic acid groups (broad SMARTS) is 3. The van der Waals surface area contributed by atoms with Crippen molar-refractivity contribution in [2.24, 2.45) is 0 Å². The van der Waals surface area contributed by atoms with Gasteiger partial charge in [0.15, 0.2) is 107 Å². The second-order valence-electron chi connectivity index (χ2n) is 29.4. The molecule has 9 amide bonds. The fraction of sp³-hybridized carbons (Fsp3) is 0.279. The van der Waals surface area contributed by atoms with Gasteiger partial charge in [-0.3, -0.25) is 54.0 Å². The van der Waals surface area contributed by atoms with E-state index in [9.17, 15) is 58.5 Å². The molecule has 674 valence electrons. The summed E-state index contributed by atoms with van der Waals surface area (Å²) in [7, 11) is 0. The molecule has 0 aliphatic carbocycles. The minimum atomic E-state index is -1.17. The number of urea groups is 3. The lowest BCUT2D eigenvalue weighted by molar-refractivity contribution is -0.161. The summed E-state index contributed by atoms with van der Waals surface area (Å²) in [5, 5.41) is 52.8. The molecule has 12 unspecified atom stereocenters. The molecular formula is C86H82ClN23O21. The Balaban J connectivity index is 0.000000144. The average molecular weight is 1810 g/mol. The third-order valence-corrected chi connectivity index (χ3v) is 21.5. The fourth-order valence-electron chi connectivity index (χ4n) is 15.2. The van der Waals surface area contributed by atoms with E-state index in [1.807, 2.05) is 103 Å². The maximum Gasteiger partial charge on any atom is 0.337 e. The zero-order valence-electron chi connectivity index (χ0n) is 69.4. The van der Waals surface area contributed by atoms with Crippen LogP contribution in [-0.4, -0.2) is 225 Å². The highest BCUT2D eigenvalue weighted by atomic mass is 35.5. The van der Waals surface area contributed by atoms with Crippen molar-refractivity contribution >= 4 is 128 Å². The van der Waals surface area contributed by atoms with Crippen molar-refractivity contribution in [1.29, 1.82) is 0 Å². The van der Waals surface area contributed by atoms with Crippen LogP contribution in [0.4, 0.5) is 31.8 Å². The van der Waals surface area contributed by atoms with E-state index < -0.39 is 146 Å². The maximum absolute atomic E-state index is 13.6. The lowest BCUT2D eigenvalue weighted by atomic mass is 10.1. The first-order valence-corrected chi connectivity index (χ1v) is 41.3. The lowest BCUT2D eigenvalue weighted by Crippen LogP contribution is -2.42. The highest BCUT2D eigenvalue weighted by molar-refractivity contribution is 6.31. The Morgan fingerprint density at radius 3 is 1.11 bits per heavy atom. The molecule has 6 aliphatic heterocycles. The van der Waals surface area contributed by atoms with Gasteiger partial charge in [-0.1, -0.05) is 121 Å². The number of aromatic nitrogens is 14. The molecule has 8 aromatic heterocycles. The number of amides is 9. The first kappa shape index (κ1) is 89.3. The zero-order chi connectivity index (χ0) is 91.3. The van der Waals surface area contributed by atoms with Crippen LogP contribution in [0.3, 0.4) is 0 Å². The minimum absolute atomic E-state index is 0.0212. The number of nitrogens with one attached hydrogen (secondary N) is 9. The molecule has 15 atom stereocenters. The Morgan fingerprint density at radius 1 is 0.374 bits per heavy atom.